The van der Waals surface area contributed by atoms with E-state index in [2.05, 4.69) is 12.2 Å². The van der Waals surface area contributed by atoms with Crippen molar-refractivity contribution >= 4 is 0 Å². The fourth-order valence-corrected chi connectivity index (χ4v) is 2.31. The van der Waals surface area contributed by atoms with E-state index in [1.165, 1.54) is 7.11 Å². The lowest BCUT2D eigenvalue weighted by molar-refractivity contribution is -0.172. The van der Waals surface area contributed by atoms with Crippen molar-refractivity contribution in [2.75, 3.05) is 20.2 Å². The largest absolute Gasteiger partial charge is 0.375 e. The Morgan fingerprint density at radius 2 is 1.68 bits per heavy atom. The molecule has 0 heterocycles. The molecule has 0 radical (unpaired) electrons. The first-order chi connectivity index (χ1) is 8.87. The molecule has 0 aliphatic heterocycles. The summed E-state index contributed by atoms with van der Waals surface area (Å²) in [6.45, 7) is 9.12. The highest BCUT2D eigenvalue weighted by Crippen LogP contribution is 2.36. The Morgan fingerprint density at radius 1 is 1.11 bits per heavy atom. The predicted molar refractivity (Wildman–Crippen MR) is 76.8 cm³/mol. The van der Waals surface area contributed by atoms with Crippen LogP contribution in [0.1, 0.15) is 53.4 Å². The second-order valence-corrected chi connectivity index (χ2v) is 5.72. The molecule has 0 saturated heterocycles. The molecule has 0 spiro atoms. The Kier molecular flexibility index (Phi) is 9.54. The fourth-order valence-electron chi connectivity index (χ4n) is 2.31. The summed E-state index contributed by atoms with van der Waals surface area (Å²) in [5.41, 5.74) is 0. The number of methoxy groups -OCH3 is 1. The van der Waals surface area contributed by atoms with Crippen molar-refractivity contribution in [3.05, 3.63) is 0 Å². The van der Waals surface area contributed by atoms with Gasteiger partial charge in [-0.25, -0.2) is 8.78 Å². The van der Waals surface area contributed by atoms with Crippen LogP contribution in [0, 0.1) is 11.8 Å². The molecule has 2 unspecified atom stereocenters. The van der Waals surface area contributed by atoms with Crippen molar-refractivity contribution in [2.45, 2.75) is 65.4 Å². The van der Waals surface area contributed by atoms with Crippen molar-refractivity contribution in [2.24, 2.45) is 11.8 Å². The van der Waals surface area contributed by atoms with Crippen LogP contribution in [-0.2, 0) is 4.74 Å². The van der Waals surface area contributed by atoms with Gasteiger partial charge in [-0.05, 0) is 38.3 Å². The minimum absolute atomic E-state index is 0.176. The van der Waals surface area contributed by atoms with Crippen molar-refractivity contribution in [3.63, 3.8) is 0 Å². The summed E-state index contributed by atoms with van der Waals surface area (Å²) < 4.78 is 33.4. The van der Waals surface area contributed by atoms with Gasteiger partial charge in [-0.15, -0.1) is 0 Å². The second kappa shape index (κ2) is 9.65. The number of hydrogen-bond acceptors (Lipinski definition) is 2. The van der Waals surface area contributed by atoms with Gasteiger partial charge in [0.2, 0.25) is 0 Å². The zero-order valence-electron chi connectivity index (χ0n) is 13.1. The van der Waals surface area contributed by atoms with Crippen LogP contribution in [0.4, 0.5) is 8.78 Å². The molecule has 0 aromatic carbocycles. The van der Waals surface area contributed by atoms with Gasteiger partial charge in [-0.3, -0.25) is 0 Å². The number of hydrogen-bond donors (Lipinski definition) is 1. The third-order valence-electron chi connectivity index (χ3n) is 3.59. The molecule has 0 amide bonds. The third kappa shape index (κ3) is 6.66. The predicted octanol–water partition coefficient (Wildman–Crippen LogP) is 4.10. The molecule has 0 rings (SSSR count). The summed E-state index contributed by atoms with van der Waals surface area (Å²) in [5.74, 6) is -3.58. The van der Waals surface area contributed by atoms with Crippen LogP contribution < -0.4 is 5.32 Å². The van der Waals surface area contributed by atoms with Crippen molar-refractivity contribution in [3.8, 4) is 0 Å². The standard InChI is InChI=1S/C15H31F2NO/c1-6-7-10-18-11-8-9-13(4)15(16,17)14(19-5)12(2)3/h12-14,18H,6-11H2,1-5H3. The molecule has 4 heteroatoms. The van der Waals surface area contributed by atoms with Crippen LogP contribution in [0.5, 0.6) is 0 Å². The van der Waals surface area contributed by atoms with Gasteiger partial charge in [0.25, 0.3) is 5.92 Å². The average Bonchev–Trinajstić information content (AvgIpc) is 2.33. The van der Waals surface area contributed by atoms with E-state index in [0.717, 1.165) is 32.4 Å². The van der Waals surface area contributed by atoms with Crippen LogP contribution in [0.25, 0.3) is 0 Å². The Morgan fingerprint density at radius 3 is 2.16 bits per heavy atom. The molecule has 0 aliphatic carbocycles. The molecule has 0 aromatic rings. The van der Waals surface area contributed by atoms with Crippen LogP contribution in [0.15, 0.2) is 0 Å². The first kappa shape index (κ1) is 18.8. The van der Waals surface area contributed by atoms with Crippen molar-refractivity contribution < 1.29 is 13.5 Å². The summed E-state index contributed by atoms with van der Waals surface area (Å²) in [6, 6.07) is 0. The smallest absolute Gasteiger partial charge is 0.276 e. The molecule has 0 saturated carbocycles. The lowest BCUT2D eigenvalue weighted by Gasteiger charge is -2.33. The van der Waals surface area contributed by atoms with Crippen LogP contribution in [0.3, 0.4) is 0 Å². The Balaban J connectivity index is 4.06. The van der Waals surface area contributed by atoms with Gasteiger partial charge in [-0.1, -0.05) is 34.1 Å². The minimum Gasteiger partial charge on any atom is -0.375 e. The van der Waals surface area contributed by atoms with Gasteiger partial charge in [0.1, 0.15) is 6.10 Å². The van der Waals surface area contributed by atoms with Gasteiger partial charge in [0, 0.05) is 13.0 Å². The maximum atomic E-state index is 14.2. The zero-order chi connectivity index (χ0) is 14.9. The maximum absolute atomic E-state index is 14.2. The van der Waals surface area contributed by atoms with E-state index in [-0.39, 0.29) is 5.92 Å². The number of ether oxygens (including phenoxy) is 1. The summed E-state index contributed by atoms with van der Waals surface area (Å²) in [4.78, 5) is 0. The van der Waals surface area contributed by atoms with E-state index < -0.39 is 17.9 Å². The van der Waals surface area contributed by atoms with E-state index in [9.17, 15) is 8.78 Å². The Bertz CT molecular complexity index is 222. The number of nitrogens with one attached hydrogen (secondary N) is 1. The lowest BCUT2D eigenvalue weighted by Crippen LogP contribution is -2.44. The molecule has 0 aromatic heterocycles. The SMILES string of the molecule is CCCCNCCCC(C)C(F)(F)C(OC)C(C)C. The number of rotatable bonds is 11. The van der Waals surface area contributed by atoms with E-state index >= 15 is 0 Å². The molecular formula is C15H31F2NO. The number of alkyl halides is 2. The van der Waals surface area contributed by atoms with E-state index in [1.54, 1.807) is 20.8 Å². The van der Waals surface area contributed by atoms with Gasteiger partial charge in [0.15, 0.2) is 0 Å². The zero-order valence-corrected chi connectivity index (χ0v) is 13.1. The fraction of sp³-hybridized carbons (Fsp3) is 1.00. The minimum atomic E-state index is -2.76. The normalized spacial score (nSPS) is 15.8. The Labute approximate surface area is 117 Å². The average molecular weight is 279 g/mol. The summed E-state index contributed by atoms with van der Waals surface area (Å²) in [7, 11) is 1.37. The first-order valence-electron chi connectivity index (χ1n) is 7.49. The van der Waals surface area contributed by atoms with E-state index in [0.29, 0.717) is 6.42 Å². The molecule has 2 atom stereocenters. The topological polar surface area (TPSA) is 21.3 Å². The van der Waals surface area contributed by atoms with Gasteiger partial charge >= 0.3 is 0 Å². The third-order valence-corrected chi connectivity index (χ3v) is 3.59. The highest BCUT2D eigenvalue weighted by molar-refractivity contribution is 4.85. The molecule has 0 bridgehead atoms. The molecular weight excluding hydrogens is 248 g/mol. The van der Waals surface area contributed by atoms with E-state index in [1.807, 2.05) is 0 Å². The maximum Gasteiger partial charge on any atom is 0.276 e. The molecule has 0 fully saturated rings. The Hall–Kier alpha value is -0.220. The molecule has 116 valence electrons. The number of unbranched alkanes of at least 4 members (excludes halogenated alkanes) is 1. The first-order valence-corrected chi connectivity index (χ1v) is 7.49. The number of halogens is 2. The molecule has 1 N–H and O–H groups in total. The molecule has 0 aliphatic rings. The molecule has 19 heavy (non-hydrogen) atoms. The monoisotopic (exact) mass is 279 g/mol. The summed E-state index contributed by atoms with van der Waals surface area (Å²) >= 11 is 0. The molecule has 2 nitrogen and oxygen atoms in total. The van der Waals surface area contributed by atoms with Crippen LogP contribution >= 0.6 is 0 Å². The highest BCUT2D eigenvalue weighted by Gasteiger charge is 2.46. The van der Waals surface area contributed by atoms with Gasteiger partial charge in [-0.2, -0.15) is 0 Å². The summed E-state index contributed by atoms with van der Waals surface area (Å²) in [6.07, 6.45) is 2.62. The van der Waals surface area contributed by atoms with Crippen LogP contribution in [0.2, 0.25) is 0 Å². The van der Waals surface area contributed by atoms with Gasteiger partial charge < -0.3 is 10.1 Å². The van der Waals surface area contributed by atoms with Gasteiger partial charge in [0.05, 0.1) is 0 Å². The van der Waals surface area contributed by atoms with Crippen molar-refractivity contribution in [1.82, 2.24) is 5.32 Å². The highest BCUT2D eigenvalue weighted by atomic mass is 19.3. The second-order valence-electron chi connectivity index (χ2n) is 5.72. The lowest BCUT2D eigenvalue weighted by atomic mass is 9.88. The van der Waals surface area contributed by atoms with Crippen LogP contribution in [-0.4, -0.2) is 32.2 Å². The van der Waals surface area contributed by atoms with E-state index in [4.69, 9.17) is 4.74 Å². The van der Waals surface area contributed by atoms with Crippen molar-refractivity contribution in [1.29, 1.82) is 0 Å². The quantitative estimate of drug-likeness (QED) is 0.575. The summed E-state index contributed by atoms with van der Waals surface area (Å²) in [5, 5.41) is 3.28.